The van der Waals surface area contributed by atoms with Gasteiger partial charge in [0.15, 0.2) is 0 Å². The number of hydrogen-bond donors (Lipinski definition) is 2. The van der Waals surface area contributed by atoms with E-state index in [1.807, 2.05) is 36.4 Å². The molecule has 0 unspecified atom stereocenters. The molecule has 32 heavy (non-hydrogen) atoms. The third-order valence-electron chi connectivity index (χ3n) is 5.61. The van der Waals surface area contributed by atoms with Crippen molar-refractivity contribution in [3.8, 4) is 0 Å². The minimum atomic E-state index is -0.349. The third kappa shape index (κ3) is 6.53. The second kappa shape index (κ2) is 12.0. The number of nitrogens with zero attached hydrogens (tertiary/aromatic N) is 1. The molecule has 0 saturated carbocycles. The monoisotopic (exact) mass is 459 g/mol. The van der Waals surface area contributed by atoms with Crippen molar-refractivity contribution in [2.75, 3.05) is 33.9 Å². The molecule has 1 saturated heterocycles. The molecule has 1 amide bonds. The number of nitrogens with one attached hydrogen (secondary N) is 2. The highest BCUT2D eigenvalue weighted by atomic mass is 35.5. The Morgan fingerprint density at radius 1 is 1.12 bits per heavy atom. The molecule has 2 N–H and O–H groups in total. The van der Waals surface area contributed by atoms with Crippen LogP contribution < -0.4 is 10.6 Å². The van der Waals surface area contributed by atoms with Gasteiger partial charge in [-0.3, -0.25) is 9.69 Å². The van der Waals surface area contributed by atoms with Crippen LogP contribution in [-0.2, 0) is 27.4 Å². The number of hydrogen-bond acceptors (Lipinski definition) is 6. The molecule has 2 aromatic rings. The largest absolute Gasteiger partial charge is 0.465 e. The Bertz CT molecular complexity index is 906. The van der Waals surface area contributed by atoms with E-state index in [0.29, 0.717) is 43.2 Å². The molecule has 0 bridgehead atoms. The molecule has 0 aliphatic carbocycles. The van der Waals surface area contributed by atoms with Crippen molar-refractivity contribution in [1.82, 2.24) is 15.5 Å². The standard InChI is InChI=1S/C24H30ClN3O4/c1-31-12-11-26-23(29)22-13-20(16-28(22)15-19-5-3-4-6-21(19)25)27-14-17-7-9-18(10-8-17)24(30)32-2/h3-10,20,22,27H,11-16H2,1-2H3,(H,26,29)/t20-,22-/m0/s1. The zero-order valence-corrected chi connectivity index (χ0v) is 19.2. The fourth-order valence-electron chi connectivity index (χ4n) is 3.88. The maximum atomic E-state index is 12.8. The number of halogens is 1. The Morgan fingerprint density at radius 2 is 1.88 bits per heavy atom. The van der Waals surface area contributed by atoms with Gasteiger partial charge in [-0.2, -0.15) is 0 Å². The fraction of sp³-hybridized carbons (Fsp3) is 0.417. The van der Waals surface area contributed by atoms with Crippen LogP contribution in [0.25, 0.3) is 0 Å². The van der Waals surface area contributed by atoms with Crippen LogP contribution in [0.3, 0.4) is 0 Å². The summed E-state index contributed by atoms with van der Waals surface area (Å²) in [4.78, 5) is 26.6. The molecule has 8 heteroatoms. The van der Waals surface area contributed by atoms with Crippen molar-refractivity contribution in [3.05, 3.63) is 70.2 Å². The quantitative estimate of drug-likeness (QED) is 0.420. The topological polar surface area (TPSA) is 79.9 Å². The number of methoxy groups -OCH3 is 2. The predicted molar refractivity (Wildman–Crippen MR) is 124 cm³/mol. The predicted octanol–water partition coefficient (Wildman–Crippen LogP) is 2.62. The minimum absolute atomic E-state index is 0.000773. The van der Waals surface area contributed by atoms with Crippen LogP contribution in [0.5, 0.6) is 0 Å². The molecule has 2 aromatic carbocycles. The number of likely N-dealkylation sites (tertiary alicyclic amines) is 1. The highest BCUT2D eigenvalue weighted by Crippen LogP contribution is 2.24. The van der Waals surface area contributed by atoms with Crippen LogP contribution in [-0.4, -0.2) is 62.8 Å². The molecular weight excluding hydrogens is 430 g/mol. The van der Waals surface area contributed by atoms with Crippen LogP contribution in [0, 0.1) is 0 Å². The second-order valence-corrected chi connectivity index (χ2v) is 8.23. The lowest BCUT2D eigenvalue weighted by molar-refractivity contribution is -0.125. The van der Waals surface area contributed by atoms with Gasteiger partial charge in [0.2, 0.25) is 5.91 Å². The van der Waals surface area contributed by atoms with Crippen LogP contribution in [0.4, 0.5) is 0 Å². The van der Waals surface area contributed by atoms with E-state index in [1.165, 1.54) is 7.11 Å². The summed E-state index contributed by atoms with van der Waals surface area (Å²) in [5, 5.41) is 7.21. The number of carbonyl (C=O) groups excluding carboxylic acids is 2. The van der Waals surface area contributed by atoms with Crippen molar-refractivity contribution < 1.29 is 19.1 Å². The average molecular weight is 460 g/mol. The lowest BCUT2D eigenvalue weighted by Crippen LogP contribution is -2.43. The van der Waals surface area contributed by atoms with Gasteiger partial charge >= 0.3 is 5.97 Å². The average Bonchev–Trinajstić information content (AvgIpc) is 3.22. The lowest BCUT2D eigenvalue weighted by atomic mass is 10.1. The molecule has 2 atom stereocenters. The van der Waals surface area contributed by atoms with E-state index < -0.39 is 0 Å². The maximum Gasteiger partial charge on any atom is 0.337 e. The van der Waals surface area contributed by atoms with Crippen LogP contribution in [0.15, 0.2) is 48.5 Å². The zero-order valence-electron chi connectivity index (χ0n) is 18.5. The van der Waals surface area contributed by atoms with Crippen molar-refractivity contribution in [1.29, 1.82) is 0 Å². The van der Waals surface area contributed by atoms with E-state index >= 15 is 0 Å². The number of benzene rings is 2. The molecule has 3 rings (SSSR count). The summed E-state index contributed by atoms with van der Waals surface area (Å²) in [7, 11) is 2.98. The highest BCUT2D eigenvalue weighted by Gasteiger charge is 2.36. The van der Waals surface area contributed by atoms with E-state index in [0.717, 1.165) is 17.7 Å². The summed E-state index contributed by atoms with van der Waals surface area (Å²) in [6.07, 6.45) is 0.698. The molecule has 0 radical (unpaired) electrons. The van der Waals surface area contributed by atoms with Crippen molar-refractivity contribution in [2.45, 2.75) is 31.6 Å². The van der Waals surface area contributed by atoms with Gasteiger partial charge in [-0.25, -0.2) is 4.79 Å². The Hall–Kier alpha value is -2.45. The Labute approximate surface area is 194 Å². The Kier molecular flexibility index (Phi) is 9.05. The van der Waals surface area contributed by atoms with E-state index in [1.54, 1.807) is 19.2 Å². The maximum absolute atomic E-state index is 12.8. The Balaban J connectivity index is 1.63. The van der Waals surface area contributed by atoms with Crippen molar-refractivity contribution in [2.24, 2.45) is 0 Å². The molecule has 1 aliphatic heterocycles. The summed E-state index contributed by atoms with van der Waals surface area (Å²) >= 11 is 6.36. The van der Waals surface area contributed by atoms with Gasteiger partial charge in [0.25, 0.3) is 0 Å². The lowest BCUT2D eigenvalue weighted by Gasteiger charge is -2.24. The number of rotatable bonds is 10. The van der Waals surface area contributed by atoms with Crippen molar-refractivity contribution >= 4 is 23.5 Å². The fourth-order valence-corrected chi connectivity index (χ4v) is 4.07. The molecule has 172 valence electrons. The van der Waals surface area contributed by atoms with Gasteiger partial charge in [0.05, 0.1) is 25.3 Å². The third-order valence-corrected chi connectivity index (χ3v) is 5.98. The van der Waals surface area contributed by atoms with Gasteiger partial charge in [-0.1, -0.05) is 41.9 Å². The number of amides is 1. The van der Waals surface area contributed by atoms with Gasteiger partial charge in [0, 0.05) is 44.4 Å². The summed E-state index contributed by atoms with van der Waals surface area (Å²) in [5.41, 5.74) is 2.59. The van der Waals surface area contributed by atoms with Crippen LogP contribution in [0.1, 0.15) is 27.9 Å². The molecular formula is C24H30ClN3O4. The molecule has 0 aromatic heterocycles. The normalized spacial score (nSPS) is 18.5. The number of ether oxygens (including phenoxy) is 2. The second-order valence-electron chi connectivity index (χ2n) is 7.82. The van der Waals surface area contributed by atoms with E-state index in [2.05, 4.69) is 15.5 Å². The zero-order chi connectivity index (χ0) is 22.9. The molecule has 1 aliphatic rings. The van der Waals surface area contributed by atoms with Gasteiger partial charge < -0.3 is 20.1 Å². The first-order valence-corrected chi connectivity index (χ1v) is 11.0. The van der Waals surface area contributed by atoms with Crippen molar-refractivity contribution in [3.63, 3.8) is 0 Å². The minimum Gasteiger partial charge on any atom is -0.465 e. The SMILES string of the molecule is COCCNC(=O)[C@@H]1C[C@H](NCc2ccc(C(=O)OC)cc2)CN1Cc1ccccc1Cl. The van der Waals surface area contributed by atoms with Crippen LogP contribution in [0.2, 0.25) is 5.02 Å². The summed E-state index contributed by atoms with van der Waals surface area (Å²) in [5.74, 6) is -0.348. The first-order chi connectivity index (χ1) is 15.5. The molecule has 0 spiro atoms. The summed E-state index contributed by atoms with van der Waals surface area (Å²) < 4.78 is 9.79. The van der Waals surface area contributed by atoms with Crippen LogP contribution >= 0.6 is 11.6 Å². The number of esters is 1. The number of carbonyl (C=O) groups is 2. The summed E-state index contributed by atoms with van der Waals surface area (Å²) in [6.45, 7) is 2.94. The first-order valence-electron chi connectivity index (χ1n) is 10.7. The highest BCUT2D eigenvalue weighted by molar-refractivity contribution is 6.31. The van der Waals surface area contributed by atoms with Gasteiger partial charge in [0.1, 0.15) is 0 Å². The smallest absolute Gasteiger partial charge is 0.337 e. The van der Waals surface area contributed by atoms with E-state index in [9.17, 15) is 9.59 Å². The molecule has 7 nitrogen and oxygen atoms in total. The summed E-state index contributed by atoms with van der Waals surface area (Å²) in [6, 6.07) is 15.0. The van der Waals surface area contributed by atoms with Gasteiger partial charge in [-0.15, -0.1) is 0 Å². The Morgan fingerprint density at radius 3 is 2.56 bits per heavy atom. The molecule has 1 fully saturated rings. The first kappa shape index (κ1) is 24.2. The van der Waals surface area contributed by atoms with E-state index in [-0.39, 0.29) is 24.0 Å². The van der Waals surface area contributed by atoms with Gasteiger partial charge in [-0.05, 0) is 35.7 Å². The van der Waals surface area contributed by atoms with E-state index in [4.69, 9.17) is 21.1 Å². The molecule has 1 heterocycles.